The zero-order valence-electron chi connectivity index (χ0n) is 13.6. The largest absolute Gasteiger partial charge is 0.340 e. The van der Waals surface area contributed by atoms with Gasteiger partial charge in [-0.1, -0.05) is 18.2 Å². The molecule has 2 rings (SSSR count). The lowest BCUT2D eigenvalue weighted by Gasteiger charge is -2.22. The van der Waals surface area contributed by atoms with Crippen LogP contribution in [0.4, 0.5) is 13.2 Å². The topological polar surface area (TPSA) is 23.6 Å². The maximum Gasteiger partial charge on any atom is 0.236 e. The fraction of sp³-hybridized carbons (Fsp3) is 0.278. The molecule has 0 heterocycles. The molecule has 0 aliphatic carbocycles. The van der Waals surface area contributed by atoms with Crippen LogP contribution in [0.5, 0.6) is 0 Å². The van der Waals surface area contributed by atoms with Gasteiger partial charge in [0.1, 0.15) is 17.5 Å². The highest BCUT2D eigenvalue weighted by atomic mass is 19.1. The first-order chi connectivity index (χ1) is 11.3. The maximum atomic E-state index is 13.6. The Kier molecular flexibility index (Phi) is 5.98. The number of hydrogen-bond acceptors (Lipinski definition) is 2. The zero-order valence-corrected chi connectivity index (χ0v) is 13.6. The maximum absolute atomic E-state index is 13.6. The highest BCUT2D eigenvalue weighted by molar-refractivity contribution is 5.77. The molecule has 1 amide bonds. The van der Waals surface area contributed by atoms with Gasteiger partial charge in [0.2, 0.25) is 5.91 Å². The minimum absolute atomic E-state index is 0.0918. The van der Waals surface area contributed by atoms with Crippen LogP contribution in [0.3, 0.4) is 0 Å². The van der Waals surface area contributed by atoms with E-state index >= 15 is 0 Å². The number of nitrogens with zero attached hydrogens (tertiary/aromatic N) is 2. The third-order valence-electron chi connectivity index (χ3n) is 3.62. The summed E-state index contributed by atoms with van der Waals surface area (Å²) in [6.45, 7) is 0.647. The Hall–Kier alpha value is -2.34. The van der Waals surface area contributed by atoms with Crippen molar-refractivity contribution < 1.29 is 18.0 Å². The van der Waals surface area contributed by atoms with E-state index in [4.69, 9.17) is 0 Å². The lowest BCUT2D eigenvalue weighted by atomic mass is 10.2. The fourth-order valence-corrected chi connectivity index (χ4v) is 2.30. The van der Waals surface area contributed by atoms with E-state index in [9.17, 15) is 18.0 Å². The van der Waals surface area contributed by atoms with Crippen molar-refractivity contribution in [2.45, 2.75) is 13.1 Å². The predicted octanol–water partition coefficient (Wildman–Crippen LogP) is 3.19. The average molecular weight is 336 g/mol. The molecule has 3 nitrogen and oxygen atoms in total. The summed E-state index contributed by atoms with van der Waals surface area (Å²) in [5.41, 5.74) is 1.15. The highest BCUT2D eigenvalue weighted by Gasteiger charge is 2.14. The van der Waals surface area contributed by atoms with Gasteiger partial charge >= 0.3 is 0 Å². The summed E-state index contributed by atoms with van der Waals surface area (Å²) >= 11 is 0. The lowest BCUT2D eigenvalue weighted by molar-refractivity contribution is -0.131. The Labute approximate surface area is 139 Å². The summed E-state index contributed by atoms with van der Waals surface area (Å²) in [6.07, 6.45) is 0. The summed E-state index contributed by atoms with van der Waals surface area (Å²) in [4.78, 5) is 15.4. The van der Waals surface area contributed by atoms with Gasteiger partial charge in [0.25, 0.3) is 0 Å². The Morgan fingerprint density at radius 1 is 0.917 bits per heavy atom. The molecule has 0 radical (unpaired) electrons. The molecular weight excluding hydrogens is 317 g/mol. The van der Waals surface area contributed by atoms with E-state index in [0.717, 1.165) is 11.6 Å². The number of carbonyl (C=O) groups excluding carboxylic acids is 1. The molecule has 2 aromatic carbocycles. The van der Waals surface area contributed by atoms with Crippen molar-refractivity contribution in [1.29, 1.82) is 0 Å². The Morgan fingerprint density at radius 3 is 2.17 bits per heavy atom. The highest BCUT2D eigenvalue weighted by Crippen LogP contribution is 2.12. The van der Waals surface area contributed by atoms with Crippen molar-refractivity contribution in [3.63, 3.8) is 0 Å². The van der Waals surface area contributed by atoms with Crippen molar-refractivity contribution >= 4 is 5.91 Å². The van der Waals surface area contributed by atoms with E-state index in [1.807, 2.05) is 0 Å². The summed E-state index contributed by atoms with van der Waals surface area (Å²) in [6, 6.07) is 9.32. The van der Waals surface area contributed by atoms with Crippen LogP contribution < -0.4 is 0 Å². The standard InChI is InChI=1S/C18H19F3N2O/c1-22(11-14-5-8-16(20)9-17(14)21)12-18(24)23(2)10-13-3-6-15(19)7-4-13/h3-9H,10-12H2,1-2H3. The second-order valence-corrected chi connectivity index (χ2v) is 5.78. The second-order valence-electron chi connectivity index (χ2n) is 5.78. The summed E-state index contributed by atoms with van der Waals surface area (Å²) in [5, 5.41) is 0. The molecule has 0 N–H and O–H groups in total. The molecule has 0 unspecified atom stereocenters. The van der Waals surface area contributed by atoms with Crippen molar-refractivity contribution in [3.05, 3.63) is 71.0 Å². The van der Waals surface area contributed by atoms with E-state index in [2.05, 4.69) is 0 Å². The lowest BCUT2D eigenvalue weighted by Crippen LogP contribution is -2.36. The van der Waals surface area contributed by atoms with E-state index in [1.54, 1.807) is 31.1 Å². The first-order valence-electron chi connectivity index (χ1n) is 7.46. The summed E-state index contributed by atoms with van der Waals surface area (Å²) < 4.78 is 39.4. The van der Waals surface area contributed by atoms with Gasteiger partial charge in [0.15, 0.2) is 0 Å². The quantitative estimate of drug-likeness (QED) is 0.809. The minimum atomic E-state index is -0.631. The third-order valence-corrected chi connectivity index (χ3v) is 3.62. The number of amides is 1. The van der Waals surface area contributed by atoms with Gasteiger partial charge in [-0.25, -0.2) is 13.2 Å². The van der Waals surface area contributed by atoms with Crippen molar-refractivity contribution in [2.75, 3.05) is 20.6 Å². The molecule has 24 heavy (non-hydrogen) atoms. The van der Waals surface area contributed by atoms with Gasteiger partial charge in [-0.15, -0.1) is 0 Å². The molecule has 0 saturated heterocycles. The molecular formula is C18H19F3N2O. The molecule has 2 aromatic rings. The zero-order chi connectivity index (χ0) is 17.7. The van der Waals surface area contributed by atoms with E-state index in [1.165, 1.54) is 29.2 Å². The molecule has 128 valence electrons. The molecule has 0 aromatic heterocycles. The smallest absolute Gasteiger partial charge is 0.236 e. The molecule has 0 fully saturated rings. The normalized spacial score (nSPS) is 10.9. The minimum Gasteiger partial charge on any atom is -0.340 e. The molecule has 0 bridgehead atoms. The van der Waals surface area contributed by atoms with Gasteiger partial charge in [0.05, 0.1) is 6.54 Å². The van der Waals surface area contributed by atoms with Crippen LogP contribution in [0.1, 0.15) is 11.1 Å². The summed E-state index contributed by atoms with van der Waals surface area (Å²) in [5.74, 6) is -1.74. The number of halogens is 3. The summed E-state index contributed by atoms with van der Waals surface area (Å²) in [7, 11) is 3.34. The third kappa shape index (κ3) is 5.09. The molecule has 0 atom stereocenters. The first-order valence-corrected chi connectivity index (χ1v) is 7.46. The fourth-order valence-electron chi connectivity index (χ4n) is 2.30. The number of likely N-dealkylation sites (N-methyl/N-ethyl adjacent to an activating group) is 2. The number of hydrogen-bond donors (Lipinski definition) is 0. The van der Waals surface area contributed by atoms with Crippen LogP contribution in [0.2, 0.25) is 0 Å². The second kappa shape index (κ2) is 7.97. The van der Waals surface area contributed by atoms with Gasteiger partial charge in [-0.2, -0.15) is 0 Å². The first kappa shape index (κ1) is 18.0. The molecule has 0 spiro atoms. The van der Waals surface area contributed by atoms with Crippen LogP contribution in [-0.2, 0) is 17.9 Å². The van der Waals surface area contributed by atoms with Gasteiger partial charge in [0, 0.05) is 31.8 Å². The monoisotopic (exact) mass is 336 g/mol. The van der Waals surface area contributed by atoms with Crippen LogP contribution >= 0.6 is 0 Å². The van der Waals surface area contributed by atoms with E-state index in [0.29, 0.717) is 12.1 Å². The molecule has 0 saturated carbocycles. The number of benzene rings is 2. The van der Waals surface area contributed by atoms with Gasteiger partial charge in [-0.3, -0.25) is 9.69 Å². The van der Waals surface area contributed by atoms with Crippen LogP contribution in [0.15, 0.2) is 42.5 Å². The van der Waals surface area contributed by atoms with E-state index in [-0.39, 0.29) is 24.8 Å². The van der Waals surface area contributed by atoms with Crippen molar-refractivity contribution in [3.8, 4) is 0 Å². The predicted molar refractivity (Wildman–Crippen MR) is 85.6 cm³/mol. The SMILES string of the molecule is CN(CC(=O)N(C)Cc1ccc(F)cc1)Cc1ccc(F)cc1F. The van der Waals surface area contributed by atoms with Crippen LogP contribution in [-0.4, -0.2) is 36.3 Å². The number of carbonyl (C=O) groups is 1. The van der Waals surface area contributed by atoms with Gasteiger partial charge < -0.3 is 4.90 Å². The molecule has 6 heteroatoms. The molecule has 0 aliphatic heterocycles. The Balaban J connectivity index is 1.89. The van der Waals surface area contributed by atoms with Gasteiger partial charge in [-0.05, 0) is 30.8 Å². The van der Waals surface area contributed by atoms with Crippen LogP contribution in [0, 0.1) is 17.5 Å². The number of rotatable bonds is 6. The van der Waals surface area contributed by atoms with Crippen molar-refractivity contribution in [2.24, 2.45) is 0 Å². The average Bonchev–Trinajstić information content (AvgIpc) is 2.52. The van der Waals surface area contributed by atoms with Crippen LogP contribution in [0.25, 0.3) is 0 Å². The Morgan fingerprint density at radius 2 is 1.54 bits per heavy atom. The van der Waals surface area contributed by atoms with Crippen molar-refractivity contribution in [1.82, 2.24) is 9.80 Å². The Bertz CT molecular complexity index is 704. The molecule has 0 aliphatic rings. The van der Waals surface area contributed by atoms with E-state index < -0.39 is 11.6 Å².